The predicted molar refractivity (Wildman–Crippen MR) is 118 cm³/mol. The van der Waals surface area contributed by atoms with E-state index < -0.39 is 24.3 Å². The van der Waals surface area contributed by atoms with Crippen molar-refractivity contribution in [2.45, 2.75) is 0 Å². The van der Waals surface area contributed by atoms with Crippen LogP contribution in [0.25, 0.3) is 0 Å². The van der Waals surface area contributed by atoms with Crippen molar-refractivity contribution in [3.63, 3.8) is 0 Å². The van der Waals surface area contributed by atoms with Crippen LogP contribution in [0.4, 0.5) is 33.2 Å². The summed E-state index contributed by atoms with van der Waals surface area (Å²) >= 11 is 0. The fourth-order valence-electron chi connectivity index (χ4n) is 2.23. The van der Waals surface area contributed by atoms with Gasteiger partial charge in [0.05, 0.1) is 19.7 Å². The van der Waals surface area contributed by atoms with E-state index in [-0.39, 0.29) is 47.6 Å². The minimum absolute atomic E-state index is 0.0161. The maximum atomic E-state index is 14.5. The number of carbonyl (C=O) groups is 1. The van der Waals surface area contributed by atoms with Crippen molar-refractivity contribution in [2.24, 2.45) is 0 Å². The first-order valence-electron chi connectivity index (χ1n) is 11.4. The van der Waals surface area contributed by atoms with E-state index in [4.69, 9.17) is 16.3 Å². The van der Waals surface area contributed by atoms with Crippen LogP contribution in [0.15, 0.2) is 67.3 Å². The number of aromatic nitrogens is 2. The molecule has 1 aromatic heterocycles. The Hall–Kier alpha value is -3.98. The molecule has 0 saturated carbocycles. The molecule has 0 aliphatic heterocycles. The maximum absolute atomic E-state index is 14.5. The van der Waals surface area contributed by atoms with E-state index in [2.05, 4.69) is 32.5 Å². The van der Waals surface area contributed by atoms with Gasteiger partial charge < -0.3 is 25.4 Å². The molecule has 160 valence electrons. The van der Waals surface area contributed by atoms with E-state index in [1.807, 2.05) is 0 Å². The lowest BCUT2D eigenvalue weighted by atomic mass is 10.2. The van der Waals surface area contributed by atoms with Crippen LogP contribution in [-0.2, 0) is 9.53 Å². The molecule has 1 amide bonds. The number of carbonyl (C=O) groups excluding carboxylic acids is 1. The number of nitrogens with zero attached hydrogens (tertiary/aromatic N) is 2. The second-order valence-electron chi connectivity index (χ2n) is 5.85. The van der Waals surface area contributed by atoms with Crippen LogP contribution < -0.4 is 20.7 Å². The molecule has 0 radical (unpaired) electrons. The molecule has 9 heteroatoms. The molecule has 3 rings (SSSR count). The number of hydrogen-bond acceptors (Lipinski definition) is 7. The first kappa shape index (κ1) is 15.8. The summed E-state index contributed by atoms with van der Waals surface area (Å²) in [5, 5.41) is 7.76. The number of ether oxygens (including phenoxy) is 2. The predicted octanol–water partition coefficient (Wildman–Crippen LogP) is 4.25. The Labute approximate surface area is 186 Å². The molecule has 3 aromatic rings. The minimum Gasteiger partial charge on any atom is -0.491 e. The van der Waals surface area contributed by atoms with Crippen molar-refractivity contribution in [1.82, 2.24) is 9.97 Å². The standard InChI is InChI=1S/C22H22FN5O3/c1-3-20(29)25-16-5-4-6-17(13-16)26-21-19(23)14-24-22(28-21)27-15-7-9-18(10-8-15)31-12-11-30-2/h3-10,13-14H,1,11-12H2,2H3,(H,25,29)(H2,24,26,27,28)/i5D,6D,12D2,13D. The molecule has 31 heavy (non-hydrogen) atoms. The third-order valence-electron chi connectivity index (χ3n) is 3.61. The van der Waals surface area contributed by atoms with E-state index >= 15 is 0 Å². The number of hydrogen-bond donors (Lipinski definition) is 3. The van der Waals surface area contributed by atoms with Crippen molar-refractivity contribution < 1.29 is 25.5 Å². The second kappa shape index (κ2) is 10.7. The average molecular weight is 428 g/mol. The Bertz CT molecular complexity index is 1280. The van der Waals surface area contributed by atoms with E-state index in [1.54, 1.807) is 12.1 Å². The van der Waals surface area contributed by atoms with Crippen molar-refractivity contribution in [2.75, 3.05) is 36.2 Å². The number of anilines is 5. The quantitative estimate of drug-likeness (QED) is 0.415. The van der Waals surface area contributed by atoms with Gasteiger partial charge in [0.2, 0.25) is 11.9 Å². The number of rotatable bonds is 10. The van der Waals surface area contributed by atoms with Gasteiger partial charge >= 0.3 is 0 Å². The van der Waals surface area contributed by atoms with Gasteiger partial charge in [-0.3, -0.25) is 4.79 Å². The molecule has 3 N–H and O–H groups in total. The summed E-state index contributed by atoms with van der Waals surface area (Å²) in [6.45, 7) is 1.06. The lowest BCUT2D eigenvalue weighted by Crippen LogP contribution is -2.07. The van der Waals surface area contributed by atoms with Crippen LogP contribution in [-0.4, -0.2) is 36.2 Å². The minimum atomic E-state index is -2.01. The highest BCUT2D eigenvalue weighted by molar-refractivity contribution is 5.99. The molecule has 0 spiro atoms. The normalized spacial score (nSPS) is 13.0. The summed E-state index contributed by atoms with van der Waals surface area (Å²) in [4.78, 5) is 19.6. The third kappa shape index (κ3) is 6.51. The molecular weight excluding hydrogens is 401 g/mol. The SMILES string of the molecule is [2H]c1cc([2H])c(Nc2nc(Nc3ccc(OC([2H])([2H])COC)cc3)ncc2F)c([2H])c1NC(=O)C=C. The first-order valence-corrected chi connectivity index (χ1v) is 8.92. The summed E-state index contributed by atoms with van der Waals surface area (Å²) < 4.78 is 64.2. The van der Waals surface area contributed by atoms with Gasteiger partial charge in [0.25, 0.3) is 0 Å². The number of halogens is 1. The maximum Gasteiger partial charge on any atom is 0.247 e. The smallest absolute Gasteiger partial charge is 0.247 e. The van der Waals surface area contributed by atoms with Crippen LogP contribution in [0.3, 0.4) is 0 Å². The molecule has 0 aliphatic carbocycles. The molecule has 0 aliphatic rings. The van der Waals surface area contributed by atoms with E-state index in [1.165, 1.54) is 19.2 Å². The Balaban J connectivity index is 1.82. The Morgan fingerprint density at radius 2 is 2.03 bits per heavy atom. The van der Waals surface area contributed by atoms with Gasteiger partial charge in [-0.2, -0.15) is 4.98 Å². The largest absolute Gasteiger partial charge is 0.491 e. The van der Waals surface area contributed by atoms with Crippen molar-refractivity contribution in [3.8, 4) is 5.75 Å². The van der Waals surface area contributed by atoms with Gasteiger partial charge in [0.15, 0.2) is 11.6 Å². The summed E-state index contributed by atoms with van der Waals surface area (Å²) in [6.07, 6.45) is 1.86. The van der Waals surface area contributed by atoms with Gasteiger partial charge in [-0.15, -0.1) is 0 Å². The van der Waals surface area contributed by atoms with Crippen molar-refractivity contribution in [1.29, 1.82) is 0 Å². The lowest BCUT2D eigenvalue weighted by molar-refractivity contribution is -0.111. The molecule has 0 atom stereocenters. The zero-order chi connectivity index (χ0) is 26.5. The van der Waals surface area contributed by atoms with E-state index in [0.717, 1.165) is 18.3 Å². The van der Waals surface area contributed by atoms with Gasteiger partial charge in [0, 0.05) is 24.2 Å². The van der Waals surface area contributed by atoms with Crippen LogP contribution in [0.1, 0.15) is 6.85 Å². The molecule has 0 unspecified atom stereocenters. The highest BCUT2D eigenvalue weighted by Gasteiger charge is 2.09. The zero-order valence-electron chi connectivity index (χ0n) is 21.5. The van der Waals surface area contributed by atoms with E-state index in [9.17, 15) is 9.18 Å². The summed E-state index contributed by atoms with van der Waals surface area (Å²) in [7, 11) is 1.36. The van der Waals surface area contributed by atoms with Crippen LogP contribution in [0.5, 0.6) is 5.75 Å². The van der Waals surface area contributed by atoms with Gasteiger partial charge in [-0.25, -0.2) is 9.37 Å². The molecule has 0 saturated heterocycles. The Morgan fingerprint density at radius 3 is 2.77 bits per heavy atom. The molecule has 2 aromatic carbocycles. The summed E-state index contributed by atoms with van der Waals surface area (Å²) in [6, 6.07) is 6.32. The van der Waals surface area contributed by atoms with Gasteiger partial charge in [-0.05, 0) is 48.5 Å². The fourth-order valence-corrected chi connectivity index (χ4v) is 2.23. The molecule has 0 fully saturated rings. The molecule has 1 heterocycles. The van der Waals surface area contributed by atoms with Crippen LogP contribution in [0, 0.1) is 5.82 Å². The first-order chi connectivity index (χ1) is 17.0. The topological polar surface area (TPSA) is 97.4 Å². The molecule has 0 bridgehead atoms. The van der Waals surface area contributed by atoms with E-state index in [0.29, 0.717) is 5.69 Å². The number of amides is 1. The highest BCUT2D eigenvalue weighted by atomic mass is 19.1. The average Bonchev–Trinajstić information content (AvgIpc) is 2.82. The van der Waals surface area contributed by atoms with Crippen LogP contribution >= 0.6 is 0 Å². The number of methoxy groups -OCH3 is 1. The van der Waals surface area contributed by atoms with Crippen molar-refractivity contribution in [3.05, 3.63) is 73.1 Å². The summed E-state index contributed by atoms with van der Waals surface area (Å²) in [5.74, 6) is -1.62. The number of nitrogens with one attached hydrogen (secondary N) is 3. The molecular formula is C22H22FN5O3. The molecule has 8 nitrogen and oxygen atoms in total. The monoisotopic (exact) mass is 428 g/mol. The lowest BCUT2D eigenvalue weighted by Gasteiger charge is -2.11. The fraction of sp³-hybridized carbons (Fsp3) is 0.136. The zero-order valence-corrected chi connectivity index (χ0v) is 16.5. The van der Waals surface area contributed by atoms with Crippen molar-refractivity contribution >= 4 is 34.7 Å². The summed E-state index contributed by atoms with van der Waals surface area (Å²) in [5.41, 5.74) is 0.131. The van der Waals surface area contributed by atoms with Gasteiger partial charge in [-0.1, -0.05) is 12.6 Å². The Kier molecular flexibility index (Phi) is 5.45. The number of benzene rings is 2. The highest BCUT2D eigenvalue weighted by Crippen LogP contribution is 2.23. The van der Waals surface area contributed by atoms with Crippen LogP contribution in [0.2, 0.25) is 0 Å². The third-order valence-corrected chi connectivity index (χ3v) is 3.61. The van der Waals surface area contributed by atoms with Gasteiger partial charge in [0.1, 0.15) is 12.3 Å². The second-order valence-corrected chi connectivity index (χ2v) is 5.85. The Morgan fingerprint density at radius 1 is 1.26 bits per heavy atom.